The van der Waals surface area contributed by atoms with Crippen LogP contribution in [0.1, 0.15) is 16.1 Å². The number of hydrogen-bond donors (Lipinski definition) is 0. The summed E-state index contributed by atoms with van der Waals surface area (Å²) in [6, 6.07) is 12.3. The van der Waals surface area contributed by atoms with Gasteiger partial charge in [0.15, 0.2) is 0 Å². The van der Waals surface area contributed by atoms with Crippen LogP contribution in [0.3, 0.4) is 0 Å². The molecule has 2 aromatic heterocycles. The lowest BCUT2D eigenvalue weighted by Gasteiger charge is -2.17. The highest BCUT2D eigenvalue weighted by Gasteiger charge is 2.11. The van der Waals surface area contributed by atoms with Crippen molar-refractivity contribution in [3.63, 3.8) is 0 Å². The van der Waals surface area contributed by atoms with Gasteiger partial charge in [0.2, 0.25) is 0 Å². The quantitative estimate of drug-likeness (QED) is 0.720. The molecule has 0 spiro atoms. The molecule has 0 bridgehead atoms. The topological polar surface area (TPSA) is 42.2 Å². The molecule has 2 heterocycles. The number of aryl methyl sites for hydroxylation is 1. The summed E-state index contributed by atoms with van der Waals surface area (Å²) in [6.45, 7) is 3.72. The third-order valence-electron chi connectivity index (χ3n) is 3.40. The second-order valence-corrected chi connectivity index (χ2v) is 5.93. The number of furan rings is 1. The second-order valence-electron chi connectivity index (χ2n) is 5.09. The highest BCUT2D eigenvalue weighted by Crippen LogP contribution is 2.25. The monoisotopic (exact) mass is 299 g/mol. The average Bonchev–Trinajstić information content (AvgIpc) is 3.12. The second kappa shape index (κ2) is 6.20. The molecule has 1 aromatic carbocycles. The molecule has 0 N–H and O–H groups in total. The molecule has 3 aromatic rings. The van der Waals surface area contributed by atoms with E-state index in [1.54, 1.807) is 6.26 Å². The summed E-state index contributed by atoms with van der Waals surface area (Å²) in [7, 11) is 2.11. The van der Waals surface area contributed by atoms with Crippen LogP contribution < -0.4 is 0 Å². The van der Waals surface area contributed by atoms with Crippen LogP contribution in [0.5, 0.6) is 0 Å². The normalized spacial score (nSPS) is 11.2. The van der Waals surface area contributed by atoms with Gasteiger partial charge in [-0.15, -0.1) is 5.10 Å². The fraction of sp³-hybridized carbons (Fsp3) is 0.250. The van der Waals surface area contributed by atoms with Crippen LogP contribution >= 0.6 is 11.5 Å². The molecule has 0 fully saturated rings. The van der Waals surface area contributed by atoms with E-state index >= 15 is 0 Å². The maximum absolute atomic E-state index is 5.53. The summed E-state index contributed by atoms with van der Waals surface area (Å²) in [4.78, 5) is 3.48. The fourth-order valence-electron chi connectivity index (χ4n) is 2.32. The van der Waals surface area contributed by atoms with Gasteiger partial charge in [0.25, 0.3) is 0 Å². The number of benzene rings is 1. The smallest absolute Gasteiger partial charge is 0.134 e. The first-order valence-electron chi connectivity index (χ1n) is 6.82. The van der Waals surface area contributed by atoms with Crippen molar-refractivity contribution >= 4 is 11.5 Å². The van der Waals surface area contributed by atoms with E-state index in [9.17, 15) is 0 Å². The Morgan fingerprint density at radius 3 is 2.71 bits per heavy atom. The summed E-state index contributed by atoms with van der Waals surface area (Å²) in [5, 5.41) is 4.06. The van der Waals surface area contributed by atoms with Crippen molar-refractivity contribution in [2.45, 2.75) is 20.0 Å². The van der Waals surface area contributed by atoms with Crippen LogP contribution in [0.15, 0.2) is 47.1 Å². The third kappa shape index (κ3) is 3.20. The van der Waals surface area contributed by atoms with Crippen molar-refractivity contribution in [1.82, 2.24) is 14.5 Å². The first-order chi connectivity index (χ1) is 10.2. The van der Waals surface area contributed by atoms with Crippen molar-refractivity contribution in [3.05, 3.63) is 58.8 Å². The maximum Gasteiger partial charge on any atom is 0.134 e. The van der Waals surface area contributed by atoms with Crippen LogP contribution in [0.4, 0.5) is 0 Å². The maximum atomic E-state index is 5.53. The zero-order valence-corrected chi connectivity index (χ0v) is 12.9. The van der Waals surface area contributed by atoms with Gasteiger partial charge < -0.3 is 4.42 Å². The van der Waals surface area contributed by atoms with E-state index in [-0.39, 0.29) is 0 Å². The lowest BCUT2D eigenvalue weighted by Crippen LogP contribution is -2.17. The number of rotatable bonds is 5. The van der Waals surface area contributed by atoms with Crippen molar-refractivity contribution in [1.29, 1.82) is 0 Å². The first kappa shape index (κ1) is 14.0. The van der Waals surface area contributed by atoms with Gasteiger partial charge in [-0.25, -0.2) is 0 Å². The van der Waals surface area contributed by atoms with Crippen molar-refractivity contribution < 1.29 is 4.42 Å². The summed E-state index contributed by atoms with van der Waals surface area (Å²) in [5.74, 6) is 0.912. The minimum atomic E-state index is 0.855. The Labute approximate surface area is 128 Å². The van der Waals surface area contributed by atoms with Gasteiger partial charge in [-0.1, -0.05) is 28.8 Å². The van der Waals surface area contributed by atoms with E-state index in [2.05, 4.69) is 39.7 Å². The summed E-state index contributed by atoms with van der Waals surface area (Å²) < 4.78 is 9.52. The predicted molar refractivity (Wildman–Crippen MR) is 84.0 cm³/mol. The Kier molecular flexibility index (Phi) is 4.13. The number of nitrogens with zero attached hydrogens (tertiary/aromatic N) is 3. The Morgan fingerprint density at radius 1 is 1.14 bits per heavy atom. The third-order valence-corrected chi connectivity index (χ3v) is 4.21. The molecular formula is C16H17N3OS. The van der Waals surface area contributed by atoms with Crippen LogP contribution in [-0.4, -0.2) is 21.5 Å². The van der Waals surface area contributed by atoms with Crippen molar-refractivity contribution in [3.8, 4) is 11.3 Å². The van der Waals surface area contributed by atoms with E-state index in [0.717, 1.165) is 30.1 Å². The molecule has 0 aliphatic carbocycles. The lowest BCUT2D eigenvalue weighted by atomic mass is 10.0. The van der Waals surface area contributed by atoms with E-state index in [1.165, 1.54) is 22.0 Å². The Balaban J connectivity index is 1.77. The minimum Gasteiger partial charge on any atom is -0.464 e. The average molecular weight is 299 g/mol. The SMILES string of the molecule is Cc1nnsc1CN(C)Cc1ccccc1-c1ccco1. The number of aromatic nitrogens is 2. The molecule has 0 unspecified atom stereocenters. The van der Waals surface area contributed by atoms with Gasteiger partial charge in [-0.05, 0) is 43.2 Å². The van der Waals surface area contributed by atoms with Gasteiger partial charge in [0.1, 0.15) is 5.76 Å². The largest absolute Gasteiger partial charge is 0.464 e. The van der Waals surface area contributed by atoms with Crippen LogP contribution in [-0.2, 0) is 13.1 Å². The predicted octanol–water partition coefficient (Wildman–Crippen LogP) is 3.74. The molecule has 4 nitrogen and oxygen atoms in total. The van der Waals surface area contributed by atoms with E-state index in [0.29, 0.717) is 0 Å². The van der Waals surface area contributed by atoms with E-state index in [1.807, 2.05) is 25.1 Å². The molecule has 0 saturated heterocycles. The van der Waals surface area contributed by atoms with Gasteiger partial charge >= 0.3 is 0 Å². The zero-order valence-electron chi connectivity index (χ0n) is 12.1. The van der Waals surface area contributed by atoms with E-state index < -0.39 is 0 Å². The zero-order chi connectivity index (χ0) is 14.7. The highest BCUT2D eigenvalue weighted by atomic mass is 32.1. The molecule has 0 radical (unpaired) electrons. The van der Waals surface area contributed by atoms with Gasteiger partial charge in [-0.3, -0.25) is 4.90 Å². The van der Waals surface area contributed by atoms with Gasteiger partial charge in [0.05, 0.1) is 16.8 Å². The molecule has 5 heteroatoms. The molecule has 0 atom stereocenters. The molecule has 0 amide bonds. The van der Waals surface area contributed by atoms with Crippen molar-refractivity contribution in [2.75, 3.05) is 7.05 Å². The van der Waals surface area contributed by atoms with Crippen LogP contribution in [0, 0.1) is 6.92 Å². The lowest BCUT2D eigenvalue weighted by molar-refractivity contribution is 0.321. The summed E-state index contributed by atoms with van der Waals surface area (Å²) in [5.41, 5.74) is 3.42. The number of hydrogen-bond acceptors (Lipinski definition) is 5. The Morgan fingerprint density at radius 2 is 2.00 bits per heavy atom. The molecule has 21 heavy (non-hydrogen) atoms. The van der Waals surface area contributed by atoms with Gasteiger partial charge in [0, 0.05) is 18.7 Å². The minimum absolute atomic E-state index is 0.855. The molecule has 0 saturated carbocycles. The highest BCUT2D eigenvalue weighted by molar-refractivity contribution is 7.05. The van der Waals surface area contributed by atoms with Crippen LogP contribution in [0.2, 0.25) is 0 Å². The van der Waals surface area contributed by atoms with Crippen LogP contribution in [0.25, 0.3) is 11.3 Å². The Bertz CT molecular complexity index is 706. The van der Waals surface area contributed by atoms with E-state index in [4.69, 9.17) is 4.42 Å². The summed E-state index contributed by atoms with van der Waals surface area (Å²) in [6.07, 6.45) is 1.71. The standard InChI is InChI=1S/C16H17N3OS/c1-12-16(21-18-17-12)11-19(2)10-13-6-3-4-7-14(13)15-8-5-9-20-15/h3-9H,10-11H2,1-2H3. The molecule has 3 rings (SSSR count). The van der Waals surface area contributed by atoms with Crippen molar-refractivity contribution in [2.24, 2.45) is 0 Å². The molecule has 0 aliphatic rings. The van der Waals surface area contributed by atoms with Gasteiger partial charge in [-0.2, -0.15) is 0 Å². The Hall–Kier alpha value is -1.98. The molecule has 0 aliphatic heterocycles. The first-order valence-corrected chi connectivity index (χ1v) is 7.59. The summed E-state index contributed by atoms with van der Waals surface area (Å²) >= 11 is 1.47. The molecular weight excluding hydrogens is 282 g/mol. The molecule has 108 valence electrons. The fourth-order valence-corrected chi connectivity index (χ4v) is 3.03.